The maximum atomic E-state index is 13.1. The molecule has 0 aliphatic heterocycles. The monoisotopic (exact) mass is 307 g/mol. The van der Waals surface area contributed by atoms with Crippen LogP contribution in [0.5, 0.6) is 0 Å². The van der Waals surface area contributed by atoms with E-state index in [1.807, 2.05) is 0 Å². The molecule has 0 spiro atoms. The molecule has 0 aromatic heterocycles. The highest BCUT2D eigenvalue weighted by Crippen LogP contribution is 2.33. The van der Waals surface area contributed by atoms with Crippen LogP contribution in [0.3, 0.4) is 0 Å². The van der Waals surface area contributed by atoms with Crippen molar-refractivity contribution >= 4 is 10.8 Å². The van der Waals surface area contributed by atoms with Gasteiger partial charge in [-0.25, -0.2) is 0 Å². The summed E-state index contributed by atoms with van der Waals surface area (Å²) in [7, 11) is -0.906. The van der Waals surface area contributed by atoms with Crippen LogP contribution in [0.2, 0.25) is 0 Å². The topological polar surface area (TPSA) is 29.1 Å². The second kappa shape index (κ2) is 7.55. The van der Waals surface area contributed by atoms with Crippen LogP contribution in [0.25, 0.3) is 0 Å². The quantitative estimate of drug-likeness (QED) is 0.892. The molecule has 2 nitrogen and oxygen atoms in total. The highest BCUT2D eigenvalue weighted by molar-refractivity contribution is 7.85. The average molecular weight is 308 g/mol. The Kier molecular flexibility index (Phi) is 6.00. The van der Waals surface area contributed by atoms with E-state index in [-0.39, 0.29) is 5.25 Å². The van der Waals surface area contributed by atoms with E-state index >= 15 is 0 Å². The molecule has 118 valence electrons. The zero-order valence-corrected chi connectivity index (χ0v) is 14.6. The molecule has 21 heavy (non-hydrogen) atoms. The molecule has 0 bridgehead atoms. The zero-order valence-electron chi connectivity index (χ0n) is 13.8. The van der Waals surface area contributed by atoms with Crippen LogP contribution in [0.4, 0.5) is 0 Å². The summed E-state index contributed by atoms with van der Waals surface area (Å²) < 4.78 is 13.1. The smallest absolute Gasteiger partial charge is 0.0579 e. The second-order valence-electron chi connectivity index (χ2n) is 6.36. The summed E-state index contributed by atoms with van der Waals surface area (Å²) in [6.45, 7) is 9.54. The molecular weight excluding hydrogens is 278 g/mol. The van der Waals surface area contributed by atoms with E-state index in [1.165, 1.54) is 24.0 Å². The molecule has 0 amide bonds. The first kappa shape index (κ1) is 16.7. The van der Waals surface area contributed by atoms with Crippen LogP contribution in [0.1, 0.15) is 50.7 Å². The molecule has 0 saturated heterocycles. The molecule has 1 fully saturated rings. The Bertz CT molecular complexity index is 500. The van der Waals surface area contributed by atoms with Crippen molar-refractivity contribution in [3.8, 4) is 0 Å². The lowest BCUT2D eigenvalue weighted by Gasteiger charge is -2.36. The van der Waals surface area contributed by atoms with E-state index < -0.39 is 10.8 Å². The molecule has 3 heteroatoms. The highest BCUT2D eigenvalue weighted by atomic mass is 32.2. The van der Waals surface area contributed by atoms with Crippen molar-refractivity contribution in [2.45, 2.75) is 69.6 Å². The SMILES string of the molecule is CCNC1CCC(CC)CC1S(=O)c1ccc(C)cc1C. The first-order valence-corrected chi connectivity index (χ1v) is 9.49. The maximum absolute atomic E-state index is 13.1. The van der Waals surface area contributed by atoms with E-state index in [4.69, 9.17) is 0 Å². The van der Waals surface area contributed by atoms with Crippen LogP contribution in [0, 0.1) is 19.8 Å². The molecule has 1 aliphatic carbocycles. The van der Waals surface area contributed by atoms with E-state index in [0.29, 0.717) is 6.04 Å². The number of nitrogens with one attached hydrogen (secondary N) is 1. The van der Waals surface area contributed by atoms with E-state index in [2.05, 4.69) is 51.2 Å². The molecule has 4 unspecified atom stereocenters. The van der Waals surface area contributed by atoms with Gasteiger partial charge in [-0.15, -0.1) is 0 Å². The molecule has 1 N–H and O–H groups in total. The van der Waals surface area contributed by atoms with Gasteiger partial charge in [-0.05, 0) is 57.2 Å². The first-order chi connectivity index (χ1) is 10.1. The van der Waals surface area contributed by atoms with Crippen LogP contribution in [0.15, 0.2) is 23.1 Å². The normalized spacial score (nSPS) is 27.5. The van der Waals surface area contributed by atoms with Gasteiger partial charge in [-0.2, -0.15) is 0 Å². The second-order valence-corrected chi connectivity index (χ2v) is 8.00. The van der Waals surface area contributed by atoms with Crippen LogP contribution < -0.4 is 5.32 Å². The lowest BCUT2D eigenvalue weighted by Crippen LogP contribution is -2.46. The number of benzene rings is 1. The van der Waals surface area contributed by atoms with Gasteiger partial charge in [0.05, 0.1) is 16.0 Å². The van der Waals surface area contributed by atoms with Crippen LogP contribution >= 0.6 is 0 Å². The van der Waals surface area contributed by atoms with Crippen molar-refractivity contribution in [2.24, 2.45) is 5.92 Å². The van der Waals surface area contributed by atoms with Crippen molar-refractivity contribution in [1.29, 1.82) is 0 Å². The summed E-state index contributed by atoms with van der Waals surface area (Å²) in [5, 5.41) is 3.82. The number of hydrogen-bond donors (Lipinski definition) is 1. The fraction of sp³-hybridized carbons (Fsp3) is 0.667. The first-order valence-electron chi connectivity index (χ1n) is 8.28. The Balaban J connectivity index is 2.23. The zero-order chi connectivity index (χ0) is 15.4. The van der Waals surface area contributed by atoms with Gasteiger partial charge in [-0.1, -0.05) is 38.0 Å². The summed E-state index contributed by atoms with van der Waals surface area (Å²) in [5.41, 5.74) is 2.41. The van der Waals surface area contributed by atoms with Gasteiger partial charge in [-0.3, -0.25) is 4.21 Å². The lowest BCUT2D eigenvalue weighted by molar-refractivity contribution is 0.294. The number of aryl methyl sites for hydroxylation is 2. The molecule has 0 radical (unpaired) electrons. The lowest BCUT2D eigenvalue weighted by atomic mass is 9.84. The minimum absolute atomic E-state index is 0.255. The van der Waals surface area contributed by atoms with E-state index in [9.17, 15) is 4.21 Å². The summed E-state index contributed by atoms with van der Waals surface area (Å²) in [6.07, 6.45) is 4.73. The number of hydrogen-bond acceptors (Lipinski definition) is 2. The van der Waals surface area contributed by atoms with Crippen LogP contribution in [-0.4, -0.2) is 22.0 Å². The Hall–Kier alpha value is -0.670. The molecule has 2 rings (SSSR count). The third-order valence-corrected chi connectivity index (χ3v) is 6.73. The minimum atomic E-state index is -0.906. The molecule has 1 aromatic rings. The summed E-state index contributed by atoms with van der Waals surface area (Å²) in [4.78, 5) is 1.03. The largest absolute Gasteiger partial charge is 0.313 e. The Morgan fingerprint density at radius 2 is 2.00 bits per heavy atom. The van der Waals surface area contributed by atoms with Gasteiger partial charge in [0.25, 0.3) is 0 Å². The Morgan fingerprint density at radius 1 is 1.24 bits per heavy atom. The van der Waals surface area contributed by atoms with Gasteiger partial charge in [0.2, 0.25) is 0 Å². The molecule has 1 aromatic carbocycles. The number of rotatable bonds is 5. The summed E-state index contributed by atoms with van der Waals surface area (Å²) in [6, 6.07) is 6.71. The van der Waals surface area contributed by atoms with Crippen LogP contribution in [-0.2, 0) is 10.8 Å². The van der Waals surface area contributed by atoms with Gasteiger partial charge in [0, 0.05) is 10.9 Å². The fourth-order valence-electron chi connectivity index (χ4n) is 3.50. The predicted octanol–water partition coefficient (Wildman–Crippen LogP) is 3.97. The molecule has 1 saturated carbocycles. The van der Waals surface area contributed by atoms with Crippen molar-refractivity contribution in [1.82, 2.24) is 5.32 Å². The fourth-order valence-corrected chi connectivity index (χ4v) is 5.39. The van der Waals surface area contributed by atoms with Gasteiger partial charge < -0.3 is 5.32 Å². The average Bonchev–Trinajstić information content (AvgIpc) is 2.47. The van der Waals surface area contributed by atoms with Crippen molar-refractivity contribution < 1.29 is 4.21 Å². The van der Waals surface area contributed by atoms with Crippen molar-refractivity contribution in [3.05, 3.63) is 29.3 Å². The predicted molar refractivity (Wildman–Crippen MR) is 91.2 cm³/mol. The highest BCUT2D eigenvalue weighted by Gasteiger charge is 2.34. The van der Waals surface area contributed by atoms with Crippen molar-refractivity contribution in [2.75, 3.05) is 6.54 Å². The minimum Gasteiger partial charge on any atom is -0.313 e. The molecular formula is C18H29NOS. The summed E-state index contributed by atoms with van der Waals surface area (Å²) in [5.74, 6) is 0.736. The molecule has 1 aliphatic rings. The summed E-state index contributed by atoms with van der Waals surface area (Å²) >= 11 is 0. The third kappa shape index (κ3) is 3.95. The van der Waals surface area contributed by atoms with Crippen molar-refractivity contribution in [3.63, 3.8) is 0 Å². The Labute approximate surface area is 132 Å². The van der Waals surface area contributed by atoms with Gasteiger partial charge in [0.15, 0.2) is 0 Å². The third-order valence-electron chi connectivity index (χ3n) is 4.77. The standard InChI is InChI=1S/C18H29NOS/c1-5-15-8-9-16(19-6-2)18(12-15)21(20)17-10-7-13(3)11-14(17)4/h7,10-11,15-16,18-19H,5-6,8-9,12H2,1-4H3. The molecule has 0 heterocycles. The van der Waals surface area contributed by atoms with E-state index in [0.717, 1.165) is 30.2 Å². The van der Waals surface area contributed by atoms with Gasteiger partial charge in [0.1, 0.15) is 0 Å². The maximum Gasteiger partial charge on any atom is 0.0579 e. The van der Waals surface area contributed by atoms with E-state index in [1.54, 1.807) is 0 Å². The van der Waals surface area contributed by atoms with Gasteiger partial charge >= 0.3 is 0 Å². The molecule has 4 atom stereocenters. The Morgan fingerprint density at radius 3 is 2.62 bits per heavy atom.